The minimum absolute atomic E-state index is 0.0174. The summed E-state index contributed by atoms with van der Waals surface area (Å²) in [6, 6.07) is 15.8. The van der Waals surface area contributed by atoms with Crippen LogP contribution in [0.4, 0.5) is 0 Å². The standard InChI is InChI=1S/C30H38N2O3/c1-31(29(34)14-11-22-5-3-7-27(33)17-22)26-13-12-25-21-32(20-23-9-10-23)16-15-30(25,19-26)24-6-4-8-28(18-24)35-2/h3-8,11,14,17-18,23,25-26,33H,9-10,12-13,15-16,19-21H2,1-2H3/b14-11+. The Morgan fingerprint density at radius 3 is 2.77 bits per heavy atom. The SMILES string of the molecule is COc1cccc(C23CCN(CC4CC4)CC2CCC(N(C)C(=O)/C=C/c2cccc(O)c2)C3)c1. The smallest absolute Gasteiger partial charge is 0.246 e. The third-order valence-electron chi connectivity index (χ3n) is 8.62. The Kier molecular flexibility index (Phi) is 6.88. The first-order valence-corrected chi connectivity index (χ1v) is 13.1. The highest BCUT2D eigenvalue weighted by atomic mass is 16.5. The van der Waals surface area contributed by atoms with E-state index in [1.807, 2.05) is 24.1 Å². The topological polar surface area (TPSA) is 53.0 Å². The fourth-order valence-corrected chi connectivity index (χ4v) is 6.38. The van der Waals surface area contributed by atoms with Gasteiger partial charge in [0.1, 0.15) is 11.5 Å². The lowest BCUT2D eigenvalue weighted by molar-refractivity contribution is -0.128. The highest BCUT2D eigenvalue weighted by Gasteiger charge is 2.49. The first-order chi connectivity index (χ1) is 17.0. The van der Waals surface area contributed by atoms with Crippen LogP contribution >= 0.6 is 0 Å². The molecule has 1 N–H and O–H groups in total. The van der Waals surface area contributed by atoms with E-state index in [9.17, 15) is 9.90 Å². The highest BCUT2D eigenvalue weighted by Crippen LogP contribution is 2.51. The van der Waals surface area contributed by atoms with Crippen molar-refractivity contribution < 1.29 is 14.6 Å². The molecule has 2 saturated carbocycles. The second-order valence-electron chi connectivity index (χ2n) is 10.9. The molecule has 3 aliphatic rings. The van der Waals surface area contributed by atoms with Gasteiger partial charge < -0.3 is 19.6 Å². The molecular formula is C30H38N2O3. The fourth-order valence-electron chi connectivity index (χ4n) is 6.38. The number of nitrogens with zero attached hydrogens (tertiary/aromatic N) is 2. The largest absolute Gasteiger partial charge is 0.508 e. The van der Waals surface area contributed by atoms with Crippen molar-refractivity contribution >= 4 is 12.0 Å². The average Bonchev–Trinajstić information content (AvgIpc) is 3.70. The Balaban J connectivity index is 1.35. The van der Waals surface area contributed by atoms with Crippen LogP contribution in [0.5, 0.6) is 11.5 Å². The Morgan fingerprint density at radius 1 is 1.17 bits per heavy atom. The molecule has 3 unspecified atom stereocenters. The molecular weight excluding hydrogens is 436 g/mol. The van der Waals surface area contributed by atoms with Crippen LogP contribution in [-0.4, -0.2) is 60.6 Å². The molecule has 0 radical (unpaired) electrons. The molecule has 186 valence electrons. The van der Waals surface area contributed by atoms with E-state index in [0.29, 0.717) is 5.92 Å². The van der Waals surface area contributed by atoms with Gasteiger partial charge in [0.25, 0.3) is 0 Å². The zero-order valence-electron chi connectivity index (χ0n) is 21.0. The van der Waals surface area contributed by atoms with Gasteiger partial charge in [-0.2, -0.15) is 0 Å². The van der Waals surface area contributed by atoms with E-state index in [-0.39, 0.29) is 23.1 Å². The quantitative estimate of drug-likeness (QED) is 0.568. The number of phenolic OH excluding ortho intramolecular Hbond substituents is 1. The Hall–Kier alpha value is -2.79. The molecule has 0 bridgehead atoms. The van der Waals surface area contributed by atoms with Crippen LogP contribution in [0.15, 0.2) is 54.6 Å². The van der Waals surface area contributed by atoms with E-state index in [0.717, 1.165) is 56.0 Å². The number of ether oxygens (including phenoxy) is 1. The van der Waals surface area contributed by atoms with Gasteiger partial charge in [-0.3, -0.25) is 4.79 Å². The number of carbonyl (C=O) groups is 1. The maximum absolute atomic E-state index is 13.1. The lowest BCUT2D eigenvalue weighted by Crippen LogP contribution is -2.56. The summed E-state index contributed by atoms with van der Waals surface area (Å²) in [6.07, 6.45) is 10.5. The predicted molar refractivity (Wildman–Crippen MR) is 139 cm³/mol. The molecule has 2 aromatic rings. The number of fused-ring (bicyclic) bond motifs is 1. The van der Waals surface area contributed by atoms with Gasteiger partial charge in [-0.05, 0) is 98.4 Å². The van der Waals surface area contributed by atoms with E-state index >= 15 is 0 Å². The highest BCUT2D eigenvalue weighted by molar-refractivity contribution is 5.91. The summed E-state index contributed by atoms with van der Waals surface area (Å²) in [5, 5.41) is 9.70. The number of hydrogen-bond acceptors (Lipinski definition) is 4. The van der Waals surface area contributed by atoms with Crippen LogP contribution in [0.25, 0.3) is 6.08 Å². The maximum atomic E-state index is 13.1. The van der Waals surface area contributed by atoms with Gasteiger partial charge in [-0.15, -0.1) is 0 Å². The number of piperidine rings is 1. The molecule has 35 heavy (non-hydrogen) atoms. The Bertz CT molecular complexity index is 1080. The number of likely N-dealkylation sites (tertiary alicyclic amines) is 1. The number of amides is 1. The van der Waals surface area contributed by atoms with Crippen LogP contribution in [0, 0.1) is 11.8 Å². The molecule has 5 rings (SSSR count). The van der Waals surface area contributed by atoms with Crippen molar-refractivity contribution in [1.82, 2.24) is 9.80 Å². The molecule has 1 saturated heterocycles. The molecule has 5 nitrogen and oxygen atoms in total. The van der Waals surface area contributed by atoms with Crippen molar-refractivity contribution in [2.45, 2.75) is 50.0 Å². The van der Waals surface area contributed by atoms with E-state index in [1.165, 1.54) is 24.9 Å². The van der Waals surface area contributed by atoms with Gasteiger partial charge in [0.2, 0.25) is 5.91 Å². The summed E-state index contributed by atoms with van der Waals surface area (Å²) >= 11 is 0. The number of aromatic hydroxyl groups is 1. The Morgan fingerprint density at radius 2 is 2.00 bits per heavy atom. The monoisotopic (exact) mass is 474 g/mol. The summed E-state index contributed by atoms with van der Waals surface area (Å²) in [4.78, 5) is 17.8. The molecule has 3 atom stereocenters. The molecule has 0 aromatic heterocycles. The first kappa shape index (κ1) is 23.9. The molecule has 2 aromatic carbocycles. The Labute approximate surface area is 209 Å². The van der Waals surface area contributed by atoms with Gasteiger partial charge in [0, 0.05) is 37.7 Å². The second-order valence-corrected chi connectivity index (χ2v) is 10.9. The predicted octanol–water partition coefficient (Wildman–Crippen LogP) is 5.09. The molecule has 3 fully saturated rings. The molecule has 0 spiro atoms. The van der Waals surface area contributed by atoms with E-state index in [1.54, 1.807) is 37.5 Å². The van der Waals surface area contributed by atoms with Gasteiger partial charge in [-0.1, -0.05) is 24.3 Å². The zero-order valence-corrected chi connectivity index (χ0v) is 21.0. The molecule has 1 amide bonds. The van der Waals surface area contributed by atoms with Crippen molar-refractivity contribution in [2.24, 2.45) is 11.8 Å². The van der Waals surface area contributed by atoms with Crippen molar-refractivity contribution in [3.63, 3.8) is 0 Å². The number of carbonyl (C=O) groups excluding carboxylic acids is 1. The van der Waals surface area contributed by atoms with Gasteiger partial charge in [0.15, 0.2) is 0 Å². The van der Waals surface area contributed by atoms with Crippen LogP contribution in [0.2, 0.25) is 0 Å². The van der Waals surface area contributed by atoms with E-state index < -0.39 is 0 Å². The van der Waals surface area contributed by atoms with Gasteiger partial charge >= 0.3 is 0 Å². The summed E-state index contributed by atoms with van der Waals surface area (Å²) in [7, 11) is 3.68. The molecule has 5 heteroatoms. The summed E-state index contributed by atoms with van der Waals surface area (Å²) in [5.74, 6) is 2.65. The minimum Gasteiger partial charge on any atom is -0.508 e. The molecule has 1 heterocycles. The lowest BCUT2D eigenvalue weighted by atomic mass is 9.57. The fraction of sp³-hybridized carbons (Fsp3) is 0.500. The number of phenols is 1. The van der Waals surface area contributed by atoms with Crippen LogP contribution in [-0.2, 0) is 10.2 Å². The van der Waals surface area contributed by atoms with Crippen LogP contribution < -0.4 is 4.74 Å². The van der Waals surface area contributed by atoms with Crippen molar-refractivity contribution in [3.8, 4) is 11.5 Å². The molecule has 1 aliphatic heterocycles. The average molecular weight is 475 g/mol. The van der Waals surface area contributed by atoms with E-state index in [4.69, 9.17) is 4.74 Å². The lowest BCUT2D eigenvalue weighted by Gasteiger charge is -2.54. The first-order valence-electron chi connectivity index (χ1n) is 13.1. The zero-order chi connectivity index (χ0) is 24.4. The number of likely N-dealkylation sites (N-methyl/N-ethyl adjacent to an activating group) is 1. The third-order valence-corrected chi connectivity index (χ3v) is 8.62. The maximum Gasteiger partial charge on any atom is 0.246 e. The number of benzene rings is 2. The van der Waals surface area contributed by atoms with Crippen LogP contribution in [0.1, 0.15) is 49.7 Å². The normalized spacial score (nSPS) is 26.9. The summed E-state index contributed by atoms with van der Waals surface area (Å²) < 4.78 is 5.60. The summed E-state index contributed by atoms with van der Waals surface area (Å²) in [6.45, 7) is 3.55. The van der Waals surface area contributed by atoms with Crippen molar-refractivity contribution in [2.75, 3.05) is 33.8 Å². The number of hydrogen-bond donors (Lipinski definition) is 1. The minimum atomic E-state index is 0.0174. The van der Waals surface area contributed by atoms with Gasteiger partial charge in [0.05, 0.1) is 7.11 Å². The van der Waals surface area contributed by atoms with Crippen molar-refractivity contribution in [3.05, 3.63) is 65.7 Å². The molecule has 2 aliphatic carbocycles. The van der Waals surface area contributed by atoms with Crippen LogP contribution in [0.3, 0.4) is 0 Å². The summed E-state index contributed by atoms with van der Waals surface area (Å²) in [5.41, 5.74) is 2.26. The van der Waals surface area contributed by atoms with Crippen molar-refractivity contribution in [1.29, 1.82) is 0 Å². The van der Waals surface area contributed by atoms with E-state index in [2.05, 4.69) is 23.1 Å². The van der Waals surface area contributed by atoms with Gasteiger partial charge in [-0.25, -0.2) is 0 Å². The number of methoxy groups -OCH3 is 1. The number of rotatable bonds is 7. The second kappa shape index (κ2) is 10.1. The third kappa shape index (κ3) is 5.25.